The molecule has 1 unspecified atom stereocenters. The number of carbonyl (C=O) groups is 1. The fourth-order valence-electron chi connectivity index (χ4n) is 0.636. The van der Waals surface area contributed by atoms with Crippen LogP contribution in [-0.2, 0) is 14.3 Å². The first-order chi connectivity index (χ1) is 6.93. The maximum atomic E-state index is 11.6. The van der Waals surface area contributed by atoms with Gasteiger partial charge in [-0.1, -0.05) is 6.58 Å². The molecule has 0 aliphatic rings. The van der Waals surface area contributed by atoms with Gasteiger partial charge in [-0.05, 0) is 6.92 Å². The molecular weight excluding hydrogens is 210 g/mol. The van der Waals surface area contributed by atoms with E-state index in [0.717, 1.165) is 0 Å². The van der Waals surface area contributed by atoms with Crippen molar-refractivity contribution >= 4 is 5.97 Å². The van der Waals surface area contributed by atoms with E-state index in [-0.39, 0.29) is 18.8 Å². The molecule has 0 amide bonds. The standard InChI is InChI=1S/C9H14F2O4/c1-6(2)9(13)15-4-7(12)3-14-5-8(10)11/h7-8,12H,1,3-5H2,2H3. The van der Waals surface area contributed by atoms with Gasteiger partial charge in [0.25, 0.3) is 6.43 Å². The number of alkyl halides is 2. The Morgan fingerprint density at radius 3 is 2.47 bits per heavy atom. The summed E-state index contributed by atoms with van der Waals surface area (Å²) in [5, 5.41) is 9.12. The number of carbonyl (C=O) groups excluding carboxylic acids is 1. The van der Waals surface area contributed by atoms with E-state index in [0.29, 0.717) is 0 Å². The van der Waals surface area contributed by atoms with Crippen LogP contribution in [0, 0.1) is 0 Å². The molecule has 1 atom stereocenters. The van der Waals surface area contributed by atoms with Gasteiger partial charge >= 0.3 is 5.97 Å². The van der Waals surface area contributed by atoms with Crippen molar-refractivity contribution < 1.29 is 28.2 Å². The summed E-state index contributed by atoms with van der Waals surface area (Å²) in [6.07, 6.45) is -3.68. The van der Waals surface area contributed by atoms with Crippen LogP contribution >= 0.6 is 0 Å². The van der Waals surface area contributed by atoms with Crippen LogP contribution in [0.3, 0.4) is 0 Å². The van der Waals surface area contributed by atoms with Crippen LogP contribution in [0.15, 0.2) is 12.2 Å². The van der Waals surface area contributed by atoms with Crippen molar-refractivity contribution in [2.45, 2.75) is 19.5 Å². The second kappa shape index (κ2) is 7.30. The van der Waals surface area contributed by atoms with Crippen LogP contribution in [-0.4, -0.2) is 43.4 Å². The van der Waals surface area contributed by atoms with Crippen molar-refractivity contribution in [1.29, 1.82) is 0 Å². The third kappa shape index (κ3) is 8.02. The van der Waals surface area contributed by atoms with Crippen LogP contribution in [0.25, 0.3) is 0 Å². The van der Waals surface area contributed by atoms with E-state index in [9.17, 15) is 13.6 Å². The zero-order chi connectivity index (χ0) is 11.8. The van der Waals surface area contributed by atoms with E-state index >= 15 is 0 Å². The summed E-state index contributed by atoms with van der Waals surface area (Å²) in [6.45, 7) is 3.45. The van der Waals surface area contributed by atoms with Crippen molar-refractivity contribution in [3.63, 3.8) is 0 Å². The molecule has 0 bridgehead atoms. The smallest absolute Gasteiger partial charge is 0.333 e. The molecule has 0 fully saturated rings. The Morgan fingerprint density at radius 2 is 2.00 bits per heavy atom. The Balaban J connectivity index is 3.53. The molecule has 0 aromatic heterocycles. The molecule has 15 heavy (non-hydrogen) atoms. The largest absolute Gasteiger partial charge is 0.460 e. The Morgan fingerprint density at radius 1 is 1.40 bits per heavy atom. The summed E-state index contributed by atoms with van der Waals surface area (Å²) in [4.78, 5) is 10.8. The Kier molecular flexibility index (Phi) is 6.81. The van der Waals surface area contributed by atoms with Crippen LogP contribution in [0.4, 0.5) is 8.78 Å². The van der Waals surface area contributed by atoms with Crippen molar-refractivity contribution in [3.05, 3.63) is 12.2 Å². The van der Waals surface area contributed by atoms with Crippen molar-refractivity contribution in [3.8, 4) is 0 Å². The number of ether oxygens (including phenoxy) is 2. The van der Waals surface area contributed by atoms with Gasteiger partial charge in [0.1, 0.15) is 19.3 Å². The lowest BCUT2D eigenvalue weighted by Crippen LogP contribution is -2.25. The zero-order valence-corrected chi connectivity index (χ0v) is 8.41. The number of aliphatic hydroxyl groups excluding tert-OH is 1. The predicted octanol–water partition coefficient (Wildman–Crippen LogP) is 0.748. The van der Waals surface area contributed by atoms with Crippen molar-refractivity contribution in [2.24, 2.45) is 0 Å². The minimum Gasteiger partial charge on any atom is -0.460 e. The summed E-state index contributed by atoms with van der Waals surface area (Å²) >= 11 is 0. The molecule has 6 heteroatoms. The molecule has 0 aromatic carbocycles. The molecule has 0 radical (unpaired) electrons. The Bertz CT molecular complexity index is 218. The minimum absolute atomic E-state index is 0.204. The monoisotopic (exact) mass is 224 g/mol. The summed E-state index contributed by atoms with van der Waals surface area (Å²) < 4.78 is 32.2. The molecule has 0 aliphatic heterocycles. The van der Waals surface area contributed by atoms with Gasteiger partial charge in [-0.3, -0.25) is 0 Å². The molecule has 88 valence electrons. The second-order valence-electron chi connectivity index (χ2n) is 2.96. The van der Waals surface area contributed by atoms with Crippen molar-refractivity contribution in [1.82, 2.24) is 0 Å². The van der Waals surface area contributed by atoms with Gasteiger partial charge in [-0.2, -0.15) is 0 Å². The molecule has 0 aromatic rings. The van der Waals surface area contributed by atoms with Gasteiger partial charge in [0.15, 0.2) is 0 Å². The van der Waals surface area contributed by atoms with Gasteiger partial charge in [0.05, 0.1) is 6.61 Å². The first-order valence-electron chi connectivity index (χ1n) is 4.30. The summed E-state index contributed by atoms with van der Waals surface area (Å²) in [6, 6.07) is 0. The average molecular weight is 224 g/mol. The number of rotatable bonds is 7. The molecule has 0 spiro atoms. The lowest BCUT2D eigenvalue weighted by Gasteiger charge is -2.11. The lowest BCUT2D eigenvalue weighted by molar-refractivity contribution is -0.143. The Hall–Kier alpha value is -1.01. The second-order valence-corrected chi connectivity index (χ2v) is 2.96. The minimum atomic E-state index is -2.57. The summed E-state index contributed by atoms with van der Waals surface area (Å²) in [5.74, 6) is -0.636. The van der Waals surface area contributed by atoms with E-state index in [2.05, 4.69) is 16.1 Å². The maximum absolute atomic E-state index is 11.6. The van der Waals surface area contributed by atoms with Gasteiger partial charge in [0, 0.05) is 5.57 Å². The molecule has 0 heterocycles. The number of halogens is 2. The third-order valence-electron chi connectivity index (χ3n) is 1.31. The molecule has 1 N–H and O–H groups in total. The van der Waals surface area contributed by atoms with Gasteiger partial charge in [-0.15, -0.1) is 0 Å². The third-order valence-corrected chi connectivity index (χ3v) is 1.31. The lowest BCUT2D eigenvalue weighted by atomic mass is 10.3. The maximum Gasteiger partial charge on any atom is 0.333 e. The van der Waals surface area contributed by atoms with E-state index in [1.165, 1.54) is 6.92 Å². The quantitative estimate of drug-likeness (QED) is 0.512. The van der Waals surface area contributed by atoms with Gasteiger partial charge in [-0.25, -0.2) is 13.6 Å². The summed E-state index contributed by atoms with van der Waals surface area (Å²) in [7, 11) is 0. The van der Waals surface area contributed by atoms with Crippen LogP contribution in [0.5, 0.6) is 0 Å². The molecule has 0 rings (SSSR count). The predicted molar refractivity (Wildman–Crippen MR) is 48.6 cm³/mol. The number of aliphatic hydroxyl groups is 1. The van der Waals surface area contributed by atoms with E-state index in [4.69, 9.17) is 5.11 Å². The Labute approximate surface area is 86.5 Å². The summed E-state index contributed by atoms with van der Waals surface area (Å²) in [5.41, 5.74) is 0.204. The molecular formula is C9H14F2O4. The highest BCUT2D eigenvalue weighted by Crippen LogP contribution is 1.97. The van der Waals surface area contributed by atoms with E-state index < -0.39 is 25.1 Å². The van der Waals surface area contributed by atoms with E-state index in [1.54, 1.807) is 0 Å². The number of hydrogen-bond acceptors (Lipinski definition) is 4. The van der Waals surface area contributed by atoms with Gasteiger partial charge in [0.2, 0.25) is 0 Å². The normalized spacial score (nSPS) is 12.6. The van der Waals surface area contributed by atoms with Crippen LogP contribution < -0.4 is 0 Å². The molecule has 0 saturated carbocycles. The van der Waals surface area contributed by atoms with Crippen molar-refractivity contribution in [2.75, 3.05) is 19.8 Å². The van der Waals surface area contributed by atoms with Crippen LogP contribution in [0.2, 0.25) is 0 Å². The fourth-order valence-corrected chi connectivity index (χ4v) is 0.636. The molecule has 0 aliphatic carbocycles. The SMILES string of the molecule is C=C(C)C(=O)OCC(O)COCC(F)F. The first kappa shape index (κ1) is 14.0. The molecule has 4 nitrogen and oxygen atoms in total. The topological polar surface area (TPSA) is 55.8 Å². The van der Waals surface area contributed by atoms with E-state index in [1.807, 2.05) is 0 Å². The highest BCUT2D eigenvalue weighted by molar-refractivity contribution is 5.86. The highest BCUT2D eigenvalue weighted by atomic mass is 19.3. The van der Waals surface area contributed by atoms with Gasteiger partial charge < -0.3 is 14.6 Å². The molecule has 0 saturated heterocycles. The first-order valence-corrected chi connectivity index (χ1v) is 4.30. The number of esters is 1. The number of hydrogen-bond donors (Lipinski definition) is 1. The fraction of sp³-hybridized carbons (Fsp3) is 0.667. The van der Waals surface area contributed by atoms with Crippen LogP contribution in [0.1, 0.15) is 6.92 Å². The zero-order valence-electron chi connectivity index (χ0n) is 8.41. The highest BCUT2D eigenvalue weighted by Gasteiger charge is 2.10. The average Bonchev–Trinajstić information content (AvgIpc) is 2.13.